The van der Waals surface area contributed by atoms with Crippen molar-refractivity contribution in [3.8, 4) is 0 Å². The normalized spacial score (nSPS) is 20.2. The third-order valence-corrected chi connectivity index (χ3v) is 4.89. The molecule has 0 fully saturated rings. The molecule has 0 N–H and O–H groups in total. The SMILES string of the molecule is C=CC[P@@]1C(C)=C1c1ccccc1. The first kappa shape index (κ1) is 8.72. The van der Waals surface area contributed by atoms with Gasteiger partial charge in [0.05, 0.1) is 0 Å². The van der Waals surface area contributed by atoms with Crippen LogP contribution in [0.15, 0.2) is 48.3 Å². The van der Waals surface area contributed by atoms with Crippen molar-refractivity contribution in [2.45, 2.75) is 6.92 Å². The highest BCUT2D eigenvalue weighted by molar-refractivity contribution is 7.81. The van der Waals surface area contributed by atoms with Gasteiger partial charge in [-0.2, -0.15) is 0 Å². The highest BCUT2D eigenvalue weighted by atomic mass is 31.1. The van der Waals surface area contributed by atoms with Gasteiger partial charge in [0.2, 0.25) is 0 Å². The fraction of sp³-hybridized carbons (Fsp3) is 0.167. The second-order valence-electron chi connectivity index (χ2n) is 3.20. The van der Waals surface area contributed by atoms with E-state index in [0.717, 1.165) is 6.16 Å². The molecule has 0 aromatic heterocycles. The zero-order chi connectivity index (χ0) is 9.26. The molecule has 1 heterocycles. The van der Waals surface area contributed by atoms with Crippen LogP contribution in [0.1, 0.15) is 12.5 Å². The minimum Gasteiger partial charge on any atom is -0.103 e. The molecule has 0 spiro atoms. The van der Waals surface area contributed by atoms with E-state index in [1.54, 1.807) is 10.6 Å². The first-order valence-electron chi connectivity index (χ1n) is 4.49. The van der Waals surface area contributed by atoms with E-state index in [1.807, 2.05) is 6.08 Å². The number of hydrogen-bond acceptors (Lipinski definition) is 0. The minimum atomic E-state index is 0.0638. The van der Waals surface area contributed by atoms with Crippen molar-refractivity contribution in [2.75, 3.05) is 6.16 Å². The van der Waals surface area contributed by atoms with Crippen LogP contribution in [0, 0.1) is 0 Å². The van der Waals surface area contributed by atoms with Crippen LogP contribution >= 0.6 is 7.92 Å². The summed E-state index contributed by atoms with van der Waals surface area (Å²) in [5, 5.41) is 3.19. The van der Waals surface area contributed by atoms with Crippen molar-refractivity contribution in [2.24, 2.45) is 0 Å². The van der Waals surface area contributed by atoms with Gasteiger partial charge in [-0.1, -0.05) is 36.4 Å². The van der Waals surface area contributed by atoms with E-state index in [4.69, 9.17) is 0 Å². The smallest absolute Gasteiger partial charge is 0.00695 e. The molecule has 1 aliphatic rings. The molecule has 1 heteroatoms. The number of benzene rings is 1. The van der Waals surface area contributed by atoms with Gasteiger partial charge in [0.1, 0.15) is 0 Å². The van der Waals surface area contributed by atoms with Crippen LogP contribution in [0.2, 0.25) is 0 Å². The van der Waals surface area contributed by atoms with E-state index in [9.17, 15) is 0 Å². The van der Waals surface area contributed by atoms with Crippen LogP contribution < -0.4 is 0 Å². The topological polar surface area (TPSA) is 0 Å². The fourth-order valence-corrected chi connectivity index (χ4v) is 3.72. The quantitative estimate of drug-likeness (QED) is 0.495. The Kier molecular flexibility index (Phi) is 2.33. The van der Waals surface area contributed by atoms with E-state index in [2.05, 4.69) is 43.8 Å². The largest absolute Gasteiger partial charge is 0.103 e. The molecule has 0 amide bonds. The minimum absolute atomic E-state index is 0.0638. The lowest BCUT2D eigenvalue weighted by atomic mass is 10.2. The van der Waals surface area contributed by atoms with Gasteiger partial charge in [-0.05, 0) is 37.2 Å². The molecular weight excluding hydrogens is 175 g/mol. The Balaban J connectivity index is 2.17. The summed E-state index contributed by atoms with van der Waals surface area (Å²) >= 11 is 0. The molecule has 1 aromatic rings. The molecule has 0 saturated carbocycles. The van der Waals surface area contributed by atoms with Crippen LogP contribution in [0.3, 0.4) is 0 Å². The van der Waals surface area contributed by atoms with Crippen LogP contribution in [-0.4, -0.2) is 6.16 Å². The third kappa shape index (κ3) is 1.59. The first-order chi connectivity index (χ1) is 6.34. The van der Waals surface area contributed by atoms with E-state index in [-0.39, 0.29) is 7.92 Å². The molecule has 0 bridgehead atoms. The molecule has 0 aliphatic carbocycles. The lowest BCUT2D eigenvalue weighted by Gasteiger charge is -1.96. The second-order valence-corrected chi connectivity index (χ2v) is 5.54. The van der Waals surface area contributed by atoms with Crippen molar-refractivity contribution < 1.29 is 0 Å². The summed E-state index contributed by atoms with van der Waals surface area (Å²) in [7, 11) is 0.0638. The van der Waals surface area contributed by atoms with Gasteiger partial charge >= 0.3 is 0 Å². The van der Waals surface area contributed by atoms with Gasteiger partial charge in [0.25, 0.3) is 0 Å². The molecule has 13 heavy (non-hydrogen) atoms. The molecule has 2 rings (SSSR count). The van der Waals surface area contributed by atoms with Crippen LogP contribution in [0.25, 0.3) is 5.31 Å². The Labute approximate surface area is 80.7 Å². The lowest BCUT2D eigenvalue weighted by molar-refractivity contribution is 1.64. The standard InChI is InChI=1S/C12H13P/c1-3-9-13-10(2)12(13)11-7-5-4-6-8-11/h3-8H,1,9H2,2H3/t13-/m0/s1. The maximum atomic E-state index is 3.79. The van der Waals surface area contributed by atoms with E-state index < -0.39 is 0 Å². The van der Waals surface area contributed by atoms with Crippen LogP contribution in [0.4, 0.5) is 0 Å². The molecular formula is C12H13P. The van der Waals surface area contributed by atoms with Crippen LogP contribution in [-0.2, 0) is 0 Å². The van der Waals surface area contributed by atoms with Crippen molar-refractivity contribution in [1.29, 1.82) is 0 Å². The molecule has 0 nitrogen and oxygen atoms in total. The zero-order valence-corrected chi connectivity index (χ0v) is 8.72. The average Bonchev–Trinajstić information content (AvgIpc) is 2.79. The van der Waals surface area contributed by atoms with Crippen molar-refractivity contribution >= 4 is 13.2 Å². The van der Waals surface area contributed by atoms with Crippen LogP contribution in [0.5, 0.6) is 0 Å². The summed E-state index contributed by atoms with van der Waals surface area (Å²) in [6, 6.07) is 10.7. The van der Waals surface area contributed by atoms with Gasteiger partial charge in [-0.15, -0.1) is 6.58 Å². The monoisotopic (exact) mass is 188 g/mol. The highest BCUT2D eigenvalue weighted by Crippen LogP contribution is 2.73. The molecule has 1 atom stereocenters. The highest BCUT2D eigenvalue weighted by Gasteiger charge is 2.31. The zero-order valence-electron chi connectivity index (χ0n) is 7.83. The molecule has 66 valence electrons. The average molecular weight is 188 g/mol. The third-order valence-electron chi connectivity index (χ3n) is 2.33. The lowest BCUT2D eigenvalue weighted by Crippen LogP contribution is -1.70. The Bertz CT molecular complexity index is 349. The molecule has 0 unspecified atom stereocenters. The summed E-state index contributed by atoms with van der Waals surface area (Å²) < 4.78 is 0. The summed E-state index contributed by atoms with van der Waals surface area (Å²) in [6.07, 6.45) is 3.19. The summed E-state index contributed by atoms with van der Waals surface area (Å²) in [5.74, 6) is 0. The summed E-state index contributed by atoms with van der Waals surface area (Å²) in [6.45, 7) is 6.04. The molecule has 0 radical (unpaired) electrons. The molecule has 0 saturated heterocycles. The fourth-order valence-electron chi connectivity index (χ4n) is 1.61. The maximum absolute atomic E-state index is 3.79. The Morgan fingerprint density at radius 1 is 1.31 bits per heavy atom. The molecule has 1 aromatic carbocycles. The van der Waals surface area contributed by atoms with Gasteiger partial charge in [0, 0.05) is 0 Å². The van der Waals surface area contributed by atoms with E-state index in [1.165, 1.54) is 5.56 Å². The Morgan fingerprint density at radius 3 is 2.62 bits per heavy atom. The van der Waals surface area contributed by atoms with Gasteiger partial charge in [-0.3, -0.25) is 0 Å². The summed E-state index contributed by atoms with van der Waals surface area (Å²) in [5.41, 5.74) is 1.41. The Morgan fingerprint density at radius 2 is 2.00 bits per heavy atom. The predicted molar refractivity (Wildman–Crippen MR) is 61.0 cm³/mol. The van der Waals surface area contributed by atoms with E-state index in [0.29, 0.717) is 0 Å². The number of hydrogen-bond donors (Lipinski definition) is 0. The van der Waals surface area contributed by atoms with Crippen molar-refractivity contribution in [3.05, 3.63) is 53.9 Å². The van der Waals surface area contributed by atoms with Gasteiger partial charge in [-0.25, -0.2) is 0 Å². The van der Waals surface area contributed by atoms with Crippen molar-refractivity contribution in [3.63, 3.8) is 0 Å². The molecule has 1 aliphatic heterocycles. The van der Waals surface area contributed by atoms with E-state index >= 15 is 0 Å². The van der Waals surface area contributed by atoms with Gasteiger partial charge < -0.3 is 0 Å². The Hall–Kier alpha value is -0.870. The predicted octanol–water partition coefficient (Wildman–Crippen LogP) is 4.06. The number of rotatable bonds is 3. The summed E-state index contributed by atoms with van der Waals surface area (Å²) in [4.78, 5) is 0. The second kappa shape index (κ2) is 3.47. The van der Waals surface area contributed by atoms with Crippen molar-refractivity contribution in [1.82, 2.24) is 0 Å². The first-order valence-corrected chi connectivity index (χ1v) is 6.02. The number of allylic oxidation sites excluding steroid dienone is 2. The van der Waals surface area contributed by atoms with Gasteiger partial charge in [0.15, 0.2) is 0 Å². The maximum Gasteiger partial charge on any atom is -0.00695 e.